The second-order valence-corrected chi connectivity index (χ2v) is 5.49. The normalized spacial score (nSPS) is 12.2. The summed E-state index contributed by atoms with van der Waals surface area (Å²) in [6.07, 6.45) is 3.81. The fraction of sp³-hybridized carbons (Fsp3) is 0.529. The maximum atomic E-state index is 12.1. The summed E-state index contributed by atoms with van der Waals surface area (Å²) in [5.41, 5.74) is 6.29. The first-order chi connectivity index (χ1) is 10.5. The molecule has 5 nitrogen and oxygen atoms in total. The molecule has 0 heterocycles. The Labute approximate surface area is 131 Å². The summed E-state index contributed by atoms with van der Waals surface area (Å²) in [5, 5.41) is 8.78. The smallest absolute Gasteiger partial charge is 0.320 e. The molecule has 0 fully saturated rings. The number of nitrogens with two attached hydrogens (primary N) is 1. The van der Waals surface area contributed by atoms with Crippen LogP contribution in [-0.2, 0) is 16.0 Å². The highest BCUT2D eigenvalue weighted by Gasteiger charge is 2.19. The molecule has 22 heavy (non-hydrogen) atoms. The molecular weight excluding hydrogens is 282 g/mol. The highest BCUT2D eigenvalue weighted by molar-refractivity contribution is 5.75. The van der Waals surface area contributed by atoms with Gasteiger partial charge in [0, 0.05) is 0 Å². The van der Waals surface area contributed by atoms with Gasteiger partial charge in [0.2, 0.25) is 0 Å². The van der Waals surface area contributed by atoms with Crippen LogP contribution in [0.3, 0.4) is 0 Å². The lowest BCUT2D eigenvalue weighted by Gasteiger charge is -2.14. The van der Waals surface area contributed by atoms with Crippen LogP contribution in [0, 0.1) is 5.92 Å². The van der Waals surface area contributed by atoms with Crippen LogP contribution < -0.4 is 10.5 Å². The lowest BCUT2D eigenvalue weighted by molar-refractivity contribution is -0.140. The van der Waals surface area contributed by atoms with E-state index in [-0.39, 0.29) is 18.3 Å². The minimum atomic E-state index is -1.03. The van der Waals surface area contributed by atoms with Gasteiger partial charge in [0.1, 0.15) is 11.8 Å². The van der Waals surface area contributed by atoms with Crippen LogP contribution in [0.2, 0.25) is 0 Å². The van der Waals surface area contributed by atoms with Gasteiger partial charge in [-0.3, -0.25) is 9.59 Å². The molecule has 0 saturated heterocycles. The number of carboxylic acids is 1. The van der Waals surface area contributed by atoms with Crippen molar-refractivity contribution in [2.45, 2.75) is 52.0 Å². The molecule has 0 unspecified atom stereocenters. The first kappa shape index (κ1) is 18.2. The summed E-state index contributed by atoms with van der Waals surface area (Å²) in [5.74, 6) is -0.805. The summed E-state index contributed by atoms with van der Waals surface area (Å²) >= 11 is 0. The zero-order valence-corrected chi connectivity index (χ0v) is 13.2. The van der Waals surface area contributed by atoms with Crippen molar-refractivity contribution in [1.82, 2.24) is 0 Å². The average Bonchev–Trinajstić information content (AvgIpc) is 2.48. The van der Waals surface area contributed by atoms with E-state index in [0.29, 0.717) is 5.75 Å². The number of rotatable bonds is 9. The Morgan fingerprint density at radius 1 is 1.14 bits per heavy atom. The average molecular weight is 307 g/mol. The molecule has 0 amide bonds. The zero-order valence-electron chi connectivity index (χ0n) is 13.2. The fourth-order valence-corrected chi connectivity index (χ4v) is 2.31. The second-order valence-electron chi connectivity index (χ2n) is 5.49. The summed E-state index contributed by atoms with van der Waals surface area (Å²) in [6, 6.07) is 5.90. The monoisotopic (exact) mass is 307 g/mol. The van der Waals surface area contributed by atoms with Crippen LogP contribution in [0.4, 0.5) is 0 Å². The number of carboxylic acid groups (broad SMARTS) is 1. The Hall–Kier alpha value is -1.88. The molecule has 3 N–H and O–H groups in total. The van der Waals surface area contributed by atoms with E-state index in [9.17, 15) is 9.59 Å². The first-order valence-corrected chi connectivity index (χ1v) is 7.76. The largest absolute Gasteiger partial charge is 0.480 e. The van der Waals surface area contributed by atoms with Crippen molar-refractivity contribution in [3.8, 4) is 5.75 Å². The number of benzene rings is 1. The van der Waals surface area contributed by atoms with Gasteiger partial charge in [-0.2, -0.15) is 0 Å². The van der Waals surface area contributed by atoms with Crippen molar-refractivity contribution < 1.29 is 19.4 Å². The maximum absolute atomic E-state index is 12.1. The van der Waals surface area contributed by atoms with Crippen LogP contribution in [-0.4, -0.2) is 23.1 Å². The summed E-state index contributed by atoms with van der Waals surface area (Å²) in [6.45, 7) is 4.10. The quantitative estimate of drug-likeness (QED) is 0.541. The topological polar surface area (TPSA) is 89.6 Å². The van der Waals surface area contributed by atoms with E-state index < -0.39 is 12.0 Å². The van der Waals surface area contributed by atoms with Crippen molar-refractivity contribution >= 4 is 11.9 Å². The van der Waals surface area contributed by atoms with Crippen molar-refractivity contribution in [3.63, 3.8) is 0 Å². The molecule has 0 aliphatic heterocycles. The van der Waals surface area contributed by atoms with Crippen molar-refractivity contribution in [2.24, 2.45) is 11.7 Å². The molecule has 0 saturated carbocycles. The molecule has 1 atom stereocenters. The molecule has 122 valence electrons. The van der Waals surface area contributed by atoms with Crippen molar-refractivity contribution in [3.05, 3.63) is 29.8 Å². The number of ether oxygens (including phenoxy) is 1. The third-order valence-corrected chi connectivity index (χ3v) is 3.52. The van der Waals surface area contributed by atoms with Crippen LogP contribution in [0.5, 0.6) is 5.75 Å². The minimum absolute atomic E-state index is 0.0601. The molecule has 1 aromatic rings. The first-order valence-electron chi connectivity index (χ1n) is 7.76. The highest BCUT2D eigenvalue weighted by atomic mass is 16.5. The fourth-order valence-electron chi connectivity index (χ4n) is 2.31. The van der Waals surface area contributed by atoms with Crippen LogP contribution in [0.15, 0.2) is 24.3 Å². The SMILES string of the molecule is CCCC(CCC)C(=O)Oc1ccc(C[C@H](N)C(=O)O)cc1. The summed E-state index contributed by atoms with van der Waals surface area (Å²) in [7, 11) is 0. The van der Waals surface area contributed by atoms with Gasteiger partial charge in [-0.25, -0.2) is 0 Å². The zero-order chi connectivity index (χ0) is 16.5. The molecule has 0 radical (unpaired) electrons. The third kappa shape index (κ3) is 5.85. The highest BCUT2D eigenvalue weighted by Crippen LogP contribution is 2.19. The number of hydrogen-bond acceptors (Lipinski definition) is 4. The predicted molar refractivity (Wildman–Crippen MR) is 84.7 cm³/mol. The van der Waals surface area contributed by atoms with E-state index in [1.807, 2.05) is 0 Å². The maximum Gasteiger partial charge on any atom is 0.320 e. The lowest BCUT2D eigenvalue weighted by atomic mass is 9.98. The van der Waals surface area contributed by atoms with Crippen LogP contribution >= 0.6 is 0 Å². The van der Waals surface area contributed by atoms with E-state index in [0.717, 1.165) is 31.2 Å². The van der Waals surface area contributed by atoms with Gasteiger partial charge < -0.3 is 15.6 Å². The number of esters is 1. The second kappa shape index (κ2) is 9.20. The third-order valence-electron chi connectivity index (χ3n) is 3.52. The molecule has 0 aliphatic carbocycles. The number of aliphatic carboxylic acids is 1. The van der Waals surface area contributed by atoms with Gasteiger partial charge in [-0.1, -0.05) is 38.8 Å². The van der Waals surface area contributed by atoms with E-state index in [2.05, 4.69) is 13.8 Å². The molecule has 0 bridgehead atoms. The van der Waals surface area contributed by atoms with E-state index >= 15 is 0 Å². The Morgan fingerprint density at radius 3 is 2.14 bits per heavy atom. The Morgan fingerprint density at radius 2 is 1.68 bits per heavy atom. The lowest BCUT2D eigenvalue weighted by Crippen LogP contribution is -2.32. The van der Waals surface area contributed by atoms with E-state index in [1.54, 1.807) is 24.3 Å². The number of hydrogen-bond donors (Lipinski definition) is 2. The molecule has 5 heteroatoms. The van der Waals surface area contributed by atoms with E-state index in [1.165, 1.54) is 0 Å². The Balaban J connectivity index is 2.62. The molecular formula is C17H25NO4. The van der Waals surface area contributed by atoms with Crippen molar-refractivity contribution in [2.75, 3.05) is 0 Å². The summed E-state index contributed by atoms with van der Waals surface area (Å²) in [4.78, 5) is 22.8. The van der Waals surface area contributed by atoms with Crippen LogP contribution in [0.25, 0.3) is 0 Å². The van der Waals surface area contributed by atoms with Gasteiger partial charge in [-0.15, -0.1) is 0 Å². The van der Waals surface area contributed by atoms with Gasteiger partial charge in [0.15, 0.2) is 0 Å². The van der Waals surface area contributed by atoms with Gasteiger partial charge in [0.25, 0.3) is 0 Å². The van der Waals surface area contributed by atoms with Gasteiger partial charge >= 0.3 is 11.9 Å². The van der Waals surface area contributed by atoms with Gasteiger partial charge in [-0.05, 0) is 37.0 Å². The molecule has 0 aliphatic rings. The molecule has 0 aromatic heterocycles. The molecule has 1 aromatic carbocycles. The summed E-state index contributed by atoms with van der Waals surface area (Å²) < 4.78 is 5.40. The standard InChI is InChI=1S/C17H25NO4/c1-3-5-13(6-4-2)17(21)22-14-9-7-12(8-10-14)11-15(18)16(19)20/h7-10,13,15H,3-6,11,18H2,1-2H3,(H,19,20)/t15-/m0/s1. The molecule has 0 spiro atoms. The van der Waals surface area contributed by atoms with Crippen molar-refractivity contribution in [1.29, 1.82) is 0 Å². The van der Waals surface area contributed by atoms with E-state index in [4.69, 9.17) is 15.6 Å². The van der Waals surface area contributed by atoms with Gasteiger partial charge in [0.05, 0.1) is 5.92 Å². The Bertz CT molecular complexity index is 478. The minimum Gasteiger partial charge on any atom is -0.480 e. The molecule has 1 rings (SSSR count). The number of carbonyl (C=O) groups excluding carboxylic acids is 1. The predicted octanol–water partition coefficient (Wildman–Crippen LogP) is 2.76. The number of carbonyl (C=O) groups is 2. The Kier molecular flexibility index (Phi) is 7.60. The van der Waals surface area contributed by atoms with Crippen LogP contribution in [0.1, 0.15) is 45.1 Å².